The lowest BCUT2D eigenvalue weighted by Gasteiger charge is -2.11. The van der Waals surface area contributed by atoms with E-state index in [2.05, 4.69) is 4.74 Å². The number of methoxy groups -OCH3 is 2. The van der Waals surface area contributed by atoms with Crippen LogP contribution in [0.5, 0.6) is 11.5 Å². The fraction of sp³-hybridized carbons (Fsp3) is 0.294. The fourth-order valence-electron chi connectivity index (χ4n) is 1.67. The number of para-hydroxylation sites is 2. The van der Waals surface area contributed by atoms with Gasteiger partial charge in [0.25, 0.3) is 0 Å². The predicted octanol–water partition coefficient (Wildman–Crippen LogP) is 1.08. The zero-order valence-electron chi connectivity index (χ0n) is 13.8. The van der Waals surface area contributed by atoms with E-state index < -0.39 is 23.8 Å². The lowest BCUT2D eigenvalue weighted by molar-refractivity contribution is -0.144. The Morgan fingerprint density at radius 3 is 2.28 bits per heavy atom. The second-order valence-electron chi connectivity index (χ2n) is 4.71. The molecule has 0 aromatic heterocycles. The average molecular weight is 350 g/mol. The van der Waals surface area contributed by atoms with Gasteiger partial charge < -0.3 is 23.7 Å². The van der Waals surface area contributed by atoms with E-state index >= 15 is 0 Å². The van der Waals surface area contributed by atoms with Crippen molar-refractivity contribution in [1.82, 2.24) is 0 Å². The molecule has 1 aromatic rings. The first-order chi connectivity index (χ1) is 12.0. The molecule has 0 spiro atoms. The molecule has 1 aromatic carbocycles. The average Bonchev–Trinajstić information content (AvgIpc) is 2.63. The van der Waals surface area contributed by atoms with E-state index in [-0.39, 0.29) is 18.8 Å². The van der Waals surface area contributed by atoms with Crippen LogP contribution in [0.15, 0.2) is 36.4 Å². The van der Waals surface area contributed by atoms with Gasteiger partial charge in [-0.3, -0.25) is 4.79 Å². The summed E-state index contributed by atoms with van der Waals surface area (Å²) in [4.78, 5) is 45.1. The van der Waals surface area contributed by atoms with E-state index in [0.29, 0.717) is 12.0 Å². The minimum absolute atomic E-state index is 0.220. The number of carbonyl (C=O) groups excluding carboxylic acids is 4. The van der Waals surface area contributed by atoms with Crippen molar-refractivity contribution >= 4 is 24.2 Å². The number of benzene rings is 1. The lowest BCUT2D eigenvalue weighted by Crippen LogP contribution is -2.21. The number of aldehydes is 1. The first kappa shape index (κ1) is 19.9. The molecule has 8 heteroatoms. The van der Waals surface area contributed by atoms with Crippen molar-refractivity contribution in [3.63, 3.8) is 0 Å². The van der Waals surface area contributed by atoms with Crippen LogP contribution in [0.3, 0.4) is 0 Å². The van der Waals surface area contributed by atoms with Gasteiger partial charge in [0.2, 0.25) is 0 Å². The highest BCUT2D eigenvalue weighted by atomic mass is 16.6. The highest BCUT2D eigenvalue weighted by Gasteiger charge is 2.18. The van der Waals surface area contributed by atoms with E-state index in [1.807, 2.05) is 0 Å². The standard InChI is InChI=1S/C17H18O8/c1-22-13-5-3-4-6-14(13)25-17(21)9-12(10-18)11-24-16(20)8-7-15(19)23-2/h3-8,10,12H,9,11H2,1-2H3/b8-7+. The summed E-state index contributed by atoms with van der Waals surface area (Å²) in [5.41, 5.74) is 0. The quantitative estimate of drug-likeness (QED) is 0.282. The molecule has 0 aliphatic heterocycles. The Morgan fingerprint density at radius 1 is 1.04 bits per heavy atom. The summed E-state index contributed by atoms with van der Waals surface area (Å²) in [7, 11) is 2.59. The van der Waals surface area contributed by atoms with Crippen LogP contribution in [0.4, 0.5) is 0 Å². The molecule has 0 saturated carbocycles. The van der Waals surface area contributed by atoms with Crippen LogP contribution in [0.1, 0.15) is 6.42 Å². The Hall–Kier alpha value is -3.16. The Labute approximate surface area is 144 Å². The van der Waals surface area contributed by atoms with Gasteiger partial charge in [0.1, 0.15) is 12.9 Å². The summed E-state index contributed by atoms with van der Waals surface area (Å²) in [6.45, 7) is -0.325. The predicted molar refractivity (Wildman–Crippen MR) is 84.9 cm³/mol. The minimum atomic E-state index is -0.877. The molecular formula is C17H18O8. The third kappa shape index (κ3) is 7.30. The molecule has 25 heavy (non-hydrogen) atoms. The molecule has 1 atom stereocenters. The van der Waals surface area contributed by atoms with Gasteiger partial charge in [-0.15, -0.1) is 0 Å². The number of carbonyl (C=O) groups is 4. The topological polar surface area (TPSA) is 105 Å². The maximum Gasteiger partial charge on any atom is 0.331 e. The molecule has 8 nitrogen and oxygen atoms in total. The molecular weight excluding hydrogens is 332 g/mol. The van der Waals surface area contributed by atoms with Gasteiger partial charge in [0.15, 0.2) is 11.5 Å². The SMILES string of the molecule is COC(=O)/C=C/C(=O)OCC(C=O)CC(=O)Oc1ccccc1OC. The Balaban J connectivity index is 2.51. The van der Waals surface area contributed by atoms with Crippen molar-refractivity contribution in [3.05, 3.63) is 36.4 Å². The summed E-state index contributed by atoms with van der Waals surface area (Å²) in [6, 6.07) is 6.54. The van der Waals surface area contributed by atoms with Gasteiger partial charge >= 0.3 is 17.9 Å². The smallest absolute Gasteiger partial charge is 0.331 e. The Kier molecular flexibility index (Phi) is 8.42. The molecule has 1 rings (SSSR count). The number of hydrogen-bond acceptors (Lipinski definition) is 8. The number of esters is 3. The molecule has 134 valence electrons. The van der Waals surface area contributed by atoms with Gasteiger partial charge in [-0.2, -0.15) is 0 Å². The van der Waals surface area contributed by atoms with Crippen molar-refractivity contribution in [2.45, 2.75) is 6.42 Å². The van der Waals surface area contributed by atoms with Crippen LogP contribution in [-0.2, 0) is 28.7 Å². The molecule has 0 heterocycles. The van der Waals surface area contributed by atoms with Crippen LogP contribution >= 0.6 is 0 Å². The van der Waals surface area contributed by atoms with Crippen molar-refractivity contribution in [1.29, 1.82) is 0 Å². The summed E-state index contributed by atoms with van der Waals surface area (Å²) in [6.07, 6.45) is 1.95. The van der Waals surface area contributed by atoms with Crippen molar-refractivity contribution in [2.24, 2.45) is 5.92 Å². The lowest BCUT2D eigenvalue weighted by atomic mass is 10.1. The molecule has 0 amide bonds. The fourth-order valence-corrected chi connectivity index (χ4v) is 1.67. The largest absolute Gasteiger partial charge is 0.493 e. The van der Waals surface area contributed by atoms with Gasteiger partial charge in [-0.05, 0) is 12.1 Å². The van der Waals surface area contributed by atoms with Crippen LogP contribution < -0.4 is 9.47 Å². The van der Waals surface area contributed by atoms with E-state index in [1.54, 1.807) is 24.3 Å². The summed E-state index contributed by atoms with van der Waals surface area (Å²) >= 11 is 0. The van der Waals surface area contributed by atoms with Crippen LogP contribution in [0.2, 0.25) is 0 Å². The number of ether oxygens (including phenoxy) is 4. The van der Waals surface area contributed by atoms with Crippen LogP contribution in [0, 0.1) is 5.92 Å². The second kappa shape index (κ2) is 10.6. The monoisotopic (exact) mass is 350 g/mol. The minimum Gasteiger partial charge on any atom is -0.493 e. The van der Waals surface area contributed by atoms with Crippen molar-refractivity contribution in [2.75, 3.05) is 20.8 Å². The van der Waals surface area contributed by atoms with Crippen molar-refractivity contribution in [3.8, 4) is 11.5 Å². The molecule has 0 saturated heterocycles. The molecule has 0 bridgehead atoms. The van der Waals surface area contributed by atoms with E-state index in [9.17, 15) is 19.2 Å². The molecule has 0 fully saturated rings. The van der Waals surface area contributed by atoms with Crippen molar-refractivity contribution < 1.29 is 38.1 Å². The van der Waals surface area contributed by atoms with Crippen LogP contribution in [0.25, 0.3) is 0 Å². The summed E-state index contributed by atoms with van der Waals surface area (Å²) in [5.74, 6) is -2.52. The molecule has 0 N–H and O–H groups in total. The van der Waals surface area contributed by atoms with Crippen LogP contribution in [-0.4, -0.2) is 45.0 Å². The summed E-state index contributed by atoms with van der Waals surface area (Å²) < 4.78 is 19.3. The van der Waals surface area contributed by atoms with E-state index in [4.69, 9.17) is 14.2 Å². The van der Waals surface area contributed by atoms with E-state index in [1.165, 1.54) is 7.11 Å². The molecule has 1 unspecified atom stereocenters. The van der Waals surface area contributed by atoms with E-state index in [0.717, 1.165) is 19.3 Å². The maximum absolute atomic E-state index is 11.9. The normalized spacial score (nSPS) is 11.4. The first-order valence-electron chi connectivity index (χ1n) is 7.22. The summed E-state index contributed by atoms with van der Waals surface area (Å²) in [5, 5.41) is 0. The van der Waals surface area contributed by atoms with Gasteiger partial charge in [-0.25, -0.2) is 9.59 Å². The molecule has 0 radical (unpaired) electrons. The Bertz CT molecular complexity index is 650. The third-order valence-corrected chi connectivity index (χ3v) is 2.91. The van der Waals surface area contributed by atoms with Gasteiger partial charge in [0.05, 0.1) is 26.6 Å². The third-order valence-electron chi connectivity index (χ3n) is 2.91. The van der Waals surface area contributed by atoms with Gasteiger partial charge in [0, 0.05) is 12.2 Å². The first-order valence-corrected chi connectivity index (χ1v) is 7.22. The zero-order valence-corrected chi connectivity index (χ0v) is 13.8. The highest BCUT2D eigenvalue weighted by Crippen LogP contribution is 2.26. The number of hydrogen-bond donors (Lipinski definition) is 0. The maximum atomic E-state index is 11.9. The highest BCUT2D eigenvalue weighted by molar-refractivity contribution is 5.91. The van der Waals surface area contributed by atoms with Gasteiger partial charge in [-0.1, -0.05) is 12.1 Å². The second-order valence-corrected chi connectivity index (χ2v) is 4.71. The molecule has 0 aliphatic rings. The number of rotatable bonds is 9. The molecule has 0 aliphatic carbocycles. The zero-order chi connectivity index (χ0) is 18.7. The Morgan fingerprint density at radius 2 is 1.68 bits per heavy atom.